The van der Waals surface area contributed by atoms with Gasteiger partial charge in [-0.25, -0.2) is 0 Å². The Hall–Kier alpha value is -1.66. The lowest BCUT2D eigenvalue weighted by Crippen LogP contribution is -2.45. The Labute approximate surface area is 192 Å². The van der Waals surface area contributed by atoms with Crippen molar-refractivity contribution in [3.05, 3.63) is 53.6 Å². The van der Waals surface area contributed by atoms with E-state index < -0.39 is 0 Å². The fraction of sp³-hybridized carbons (Fsp3) is 0.478. The van der Waals surface area contributed by atoms with Gasteiger partial charge in [0.05, 0.1) is 14.2 Å². The normalized spacial score (nSPS) is 14.8. The minimum absolute atomic E-state index is 0. The molecule has 3 rings (SSSR count). The third-order valence-corrected chi connectivity index (χ3v) is 5.27. The third kappa shape index (κ3) is 6.67. The summed E-state index contributed by atoms with van der Waals surface area (Å²) >= 11 is 0. The van der Waals surface area contributed by atoms with Gasteiger partial charge in [0.15, 0.2) is 11.5 Å². The number of nitrogens with zero attached hydrogens (tertiary/aromatic N) is 1. The number of piperazine rings is 1. The summed E-state index contributed by atoms with van der Waals surface area (Å²) in [5.74, 6) is 2.32. The van der Waals surface area contributed by atoms with Gasteiger partial charge in [-0.3, -0.25) is 4.90 Å². The molecule has 0 bridgehead atoms. The van der Waals surface area contributed by atoms with Gasteiger partial charge in [0, 0.05) is 43.9 Å². The summed E-state index contributed by atoms with van der Waals surface area (Å²) in [6, 6.07) is 14.6. The first-order valence-corrected chi connectivity index (χ1v) is 10.1. The van der Waals surface area contributed by atoms with Gasteiger partial charge in [-0.1, -0.05) is 43.7 Å². The van der Waals surface area contributed by atoms with Gasteiger partial charge in [0.1, 0.15) is 12.4 Å². The molecule has 2 aromatic carbocycles. The van der Waals surface area contributed by atoms with Crippen molar-refractivity contribution >= 4 is 24.8 Å². The summed E-state index contributed by atoms with van der Waals surface area (Å²) in [5.41, 5.74) is 2.33. The van der Waals surface area contributed by atoms with Crippen molar-refractivity contribution in [2.75, 3.05) is 40.4 Å². The molecular weight excluding hydrogens is 423 g/mol. The van der Waals surface area contributed by atoms with Crippen LogP contribution >= 0.6 is 24.8 Å². The molecule has 1 saturated heterocycles. The van der Waals surface area contributed by atoms with Crippen LogP contribution in [0.1, 0.15) is 36.9 Å². The predicted octanol–water partition coefficient (Wildman–Crippen LogP) is 4.87. The topological polar surface area (TPSA) is 43.0 Å². The molecule has 1 N–H and O–H groups in total. The summed E-state index contributed by atoms with van der Waals surface area (Å²) in [7, 11) is 3.35. The molecule has 0 amide bonds. The molecule has 0 radical (unpaired) electrons. The molecule has 2 aromatic rings. The zero-order valence-electron chi connectivity index (χ0n) is 18.1. The van der Waals surface area contributed by atoms with Crippen molar-refractivity contribution in [3.63, 3.8) is 0 Å². The molecule has 0 spiro atoms. The van der Waals surface area contributed by atoms with E-state index in [0.717, 1.165) is 56.1 Å². The molecule has 1 aliphatic heterocycles. The van der Waals surface area contributed by atoms with Gasteiger partial charge in [-0.15, -0.1) is 24.8 Å². The first kappa shape index (κ1) is 26.4. The van der Waals surface area contributed by atoms with Crippen LogP contribution in [-0.2, 0) is 6.61 Å². The lowest BCUT2D eigenvalue weighted by Gasteiger charge is -2.36. The molecule has 30 heavy (non-hydrogen) atoms. The Kier molecular flexibility index (Phi) is 12.0. The zero-order chi connectivity index (χ0) is 19.8. The number of benzene rings is 2. The van der Waals surface area contributed by atoms with Crippen LogP contribution in [-0.4, -0.2) is 45.3 Å². The second kappa shape index (κ2) is 13.6. The van der Waals surface area contributed by atoms with Crippen LogP contribution in [0.25, 0.3) is 0 Å². The molecule has 1 atom stereocenters. The van der Waals surface area contributed by atoms with Crippen molar-refractivity contribution in [3.8, 4) is 17.2 Å². The van der Waals surface area contributed by atoms with Crippen LogP contribution in [0.15, 0.2) is 42.5 Å². The van der Waals surface area contributed by atoms with Crippen molar-refractivity contribution in [1.82, 2.24) is 10.2 Å². The smallest absolute Gasteiger partial charge is 0.164 e. The number of halogens is 2. The Morgan fingerprint density at radius 1 is 0.933 bits per heavy atom. The van der Waals surface area contributed by atoms with Gasteiger partial charge < -0.3 is 19.5 Å². The van der Waals surface area contributed by atoms with Crippen LogP contribution in [0.3, 0.4) is 0 Å². The summed E-state index contributed by atoms with van der Waals surface area (Å²) in [6.07, 6.45) is 2.19. The van der Waals surface area contributed by atoms with Crippen LogP contribution in [0, 0.1) is 0 Å². The molecular formula is C23H34Cl2N2O3. The second-order valence-electron chi connectivity index (χ2n) is 7.11. The van der Waals surface area contributed by atoms with Crippen LogP contribution in [0.2, 0.25) is 0 Å². The number of ether oxygens (including phenoxy) is 3. The Balaban J connectivity index is 0.00000225. The number of rotatable bonds is 9. The number of hydrogen-bond acceptors (Lipinski definition) is 5. The SMILES string of the molecule is CCC[C@H](c1cc(OC)c(OC)cc1OCc1ccccc1)N1CCNCC1.Cl.Cl. The Morgan fingerprint density at radius 3 is 2.17 bits per heavy atom. The largest absolute Gasteiger partial charge is 0.493 e. The first-order chi connectivity index (χ1) is 13.8. The van der Waals surface area contributed by atoms with E-state index in [2.05, 4.69) is 35.3 Å². The van der Waals surface area contributed by atoms with E-state index in [9.17, 15) is 0 Å². The minimum atomic E-state index is 0. The highest BCUT2D eigenvalue weighted by molar-refractivity contribution is 5.85. The molecule has 1 heterocycles. The predicted molar refractivity (Wildman–Crippen MR) is 127 cm³/mol. The average Bonchev–Trinajstić information content (AvgIpc) is 2.77. The molecule has 0 saturated carbocycles. The monoisotopic (exact) mass is 456 g/mol. The highest BCUT2D eigenvalue weighted by Gasteiger charge is 2.26. The minimum Gasteiger partial charge on any atom is -0.493 e. The third-order valence-electron chi connectivity index (χ3n) is 5.27. The highest BCUT2D eigenvalue weighted by atomic mass is 35.5. The van der Waals surface area contributed by atoms with Gasteiger partial charge in [-0.05, 0) is 18.1 Å². The molecule has 0 unspecified atom stereocenters. The summed E-state index contributed by atoms with van der Waals surface area (Å²) in [6.45, 7) is 6.89. The molecule has 0 aliphatic carbocycles. The van der Waals surface area contributed by atoms with Gasteiger partial charge in [0.2, 0.25) is 0 Å². The number of hydrogen-bond donors (Lipinski definition) is 1. The van der Waals surface area contributed by atoms with Crippen LogP contribution < -0.4 is 19.5 Å². The summed E-state index contributed by atoms with van der Waals surface area (Å²) < 4.78 is 17.4. The molecule has 1 aliphatic rings. The molecule has 5 nitrogen and oxygen atoms in total. The lowest BCUT2D eigenvalue weighted by atomic mass is 9.98. The zero-order valence-corrected chi connectivity index (χ0v) is 19.7. The van der Waals surface area contributed by atoms with E-state index >= 15 is 0 Å². The van der Waals surface area contributed by atoms with Gasteiger partial charge in [-0.2, -0.15) is 0 Å². The van der Waals surface area contributed by atoms with Crippen molar-refractivity contribution < 1.29 is 14.2 Å². The Bertz CT molecular complexity index is 741. The maximum atomic E-state index is 6.31. The van der Waals surface area contributed by atoms with Crippen LogP contribution in [0.4, 0.5) is 0 Å². The van der Waals surface area contributed by atoms with E-state index in [0.29, 0.717) is 18.4 Å². The summed E-state index contributed by atoms with van der Waals surface area (Å²) in [5, 5.41) is 3.45. The van der Waals surface area contributed by atoms with E-state index in [-0.39, 0.29) is 24.8 Å². The van der Waals surface area contributed by atoms with E-state index in [4.69, 9.17) is 14.2 Å². The fourth-order valence-electron chi connectivity index (χ4n) is 3.80. The fourth-order valence-corrected chi connectivity index (χ4v) is 3.80. The molecule has 168 valence electrons. The molecule has 7 heteroatoms. The molecule has 1 fully saturated rings. The standard InChI is InChI=1S/C23H32N2O3.2ClH/c1-4-8-20(25-13-11-24-12-14-25)19-15-22(26-2)23(27-3)16-21(19)28-17-18-9-6-5-7-10-18;;/h5-7,9-10,15-16,20,24H,4,8,11-14,17H2,1-3H3;2*1H/t20-;;/m1../s1. The molecule has 0 aromatic heterocycles. The van der Waals surface area contributed by atoms with E-state index in [1.165, 1.54) is 5.56 Å². The van der Waals surface area contributed by atoms with Crippen molar-refractivity contribution in [1.29, 1.82) is 0 Å². The van der Waals surface area contributed by atoms with Crippen LogP contribution in [0.5, 0.6) is 17.2 Å². The number of nitrogens with one attached hydrogen (secondary N) is 1. The lowest BCUT2D eigenvalue weighted by molar-refractivity contribution is 0.159. The second-order valence-corrected chi connectivity index (χ2v) is 7.11. The highest BCUT2D eigenvalue weighted by Crippen LogP contribution is 2.41. The van der Waals surface area contributed by atoms with E-state index in [1.54, 1.807) is 14.2 Å². The average molecular weight is 457 g/mol. The van der Waals surface area contributed by atoms with Crippen molar-refractivity contribution in [2.45, 2.75) is 32.4 Å². The first-order valence-electron chi connectivity index (χ1n) is 10.1. The quantitative estimate of drug-likeness (QED) is 0.582. The van der Waals surface area contributed by atoms with Gasteiger partial charge in [0.25, 0.3) is 0 Å². The maximum Gasteiger partial charge on any atom is 0.164 e. The number of methoxy groups -OCH3 is 2. The van der Waals surface area contributed by atoms with Gasteiger partial charge >= 0.3 is 0 Å². The van der Waals surface area contributed by atoms with Crippen molar-refractivity contribution in [2.24, 2.45) is 0 Å². The summed E-state index contributed by atoms with van der Waals surface area (Å²) in [4.78, 5) is 2.55. The Morgan fingerprint density at radius 2 is 1.57 bits per heavy atom. The van der Waals surface area contributed by atoms with E-state index in [1.807, 2.05) is 24.3 Å². The maximum absolute atomic E-state index is 6.31.